The highest BCUT2D eigenvalue weighted by Crippen LogP contribution is 2.29. The van der Waals surface area contributed by atoms with E-state index in [9.17, 15) is 13.2 Å². The SMILES string of the molecule is CC1OCCC1CNCCSC(F)(F)F. The van der Waals surface area contributed by atoms with Crippen LogP contribution >= 0.6 is 11.8 Å². The van der Waals surface area contributed by atoms with Crippen molar-refractivity contribution in [2.24, 2.45) is 5.92 Å². The number of rotatable bonds is 5. The number of ether oxygens (including phenoxy) is 1. The lowest BCUT2D eigenvalue weighted by Gasteiger charge is -2.14. The molecule has 1 rings (SSSR count). The smallest absolute Gasteiger partial charge is 0.378 e. The fraction of sp³-hybridized carbons (Fsp3) is 1.00. The molecule has 0 bridgehead atoms. The fourth-order valence-corrected chi connectivity index (χ4v) is 2.05. The van der Waals surface area contributed by atoms with E-state index in [2.05, 4.69) is 5.32 Å². The van der Waals surface area contributed by atoms with Crippen molar-refractivity contribution in [1.82, 2.24) is 5.32 Å². The Morgan fingerprint density at radius 2 is 2.20 bits per heavy atom. The Morgan fingerprint density at radius 3 is 2.73 bits per heavy atom. The molecule has 1 heterocycles. The van der Waals surface area contributed by atoms with Gasteiger partial charge in [0.1, 0.15) is 0 Å². The highest BCUT2D eigenvalue weighted by molar-refractivity contribution is 8.00. The van der Waals surface area contributed by atoms with E-state index in [0.717, 1.165) is 19.6 Å². The fourth-order valence-electron chi connectivity index (χ4n) is 1.57. The van der Waals surface area contributed by atoms with Crippen LogP contribution in [0.4, 0.5) is 13.2 Å². The van der Waals surface area contributed by atoms with Gasteiger partial charge in [-0.25, -0.2) is 0 Å². The third kappa shape index (κ3) is 5.63. The number of alkyl halides is 3. The lowest BCUT2D eigenvalue weighted by molar-refractivity contribution is -0.0327. The largest absolute Gasteiger partial charge is 0.441 e. The van der Waals surface area contributed by atoms with E-state index < -0.39 is 5.51 Å². The van der Waals surface area contributed by atoms with Crippen molar-refractivity contribution in [2.75, 3.05) is 25.4 Å². The molecule has 1 fully saturated rings. The van der Waals surface area contributed by atoms with Gasteiger partial charge in [0.05, 0.1) is 6.10 Å². The van der Waals surface area contributed by atoms with Crippen LogP contribution in [0.25, 0.3) is 0 Å². The van der Waals surface area contributed by atoms with Crippen LogP contribution < -0.4 is 5.32 Å². The van der Waals surface area contributed by atoms with E-state index in [1.54, 1.807) is 0 Å². The van der Waals surface area contributed by atoms with Crippen LogP contribution in [0.5, 0.6) is 0 Å². The minimum Gasteiger partial charge on any atom is -0.378 e. The summed E-state index contributed by atoms with van der Waals surface area (Å²) in [6.45, 7) is 3.92. The molecule has 1 aliphatic heterocycles. The van der Waals surface area contributed by atoms with Gasteiger partial charge in [0.25, 0.3) is 0 Å². The normalized spacial score (nSPS) is 27.2. The zero-order chi connectivity index (χ0) is 11.3. The molecule has 90 valence electrons. The number of halogens is 3. The molecule has 15 heavy (non-hydrogen) atoms. The van der Waals surface area contributed by atoms with Gasteiger partial charge in [-0.05, 0) is 31.0 Å². The number of hydrogen-bond acceptors (Lipinski definition) is 3. The molecule has 0 aromatic heterocycles. The third-order valence-corrected chi connectivity index (χ3v) is 3.22. The second kappa shape index (κ2) is 5.96. The summed E-state index contributed by atoms with van der Waals surface area (Å²) >= 11 is 0.0231. The zero-order valence-electron chi connectivity index (χ0n) is 8.64. The average molecular weight is 243 g/mol. The van der Waals surface area contributed by atoms with Gasteiger partial charge in [0.15, 0.2) is 0 Å². The minimum absolute atomic E-state index is 0.0231. The minimum atomic E-state index is -4.11. The summed E-state index contributed by atoms with van der Waals surface area (Å²) in [5.74, 6) is 0.520. The monoisotopic (exact) mass is 243 g/mol. The maximum absolute atomic E-state index is 11.8. The second-order valence-electron chi connectivity index (χ2n) is 3.62. The van der Waals surface area contributed by atoms with Gasteiger partial charge in [-0.15, -0.1) is 0 Å². The van der Waals surface area contributed by atoms with E-state index in [1.807, 2.05) is 6.92 Å². The molecular formula is C9H16F3NOS. The summed E-state index contributed by atoms with van der Waals surface area (Å²) < 4.78 is 40.6. The van der Waals surface area contributed by atoms with Crippen molar-refractivity contribution >= 4 is 11.8 Å². The van der Waals surface area contributed by atoms with Crippen LogP contribution in [0.1, 0.15) is 13.3 Å². The predicted octanol–water partition coefficient (Wildman–Crippen LogP) is 2.25. The molecule has 6 heteroatoms. The Kier molecular flexibility index (Phi) is 5.22. The topological polar surface area (TPSA) is 21.3 Å². The van der Waals surface area contributed by atoms with Crippen LogP contribution in [-0.2, 0) is 4.74 Å². The van der Waals surface area contributed by atoms with Gasteiger partial charge < -0.3 is 10.1 Å². The molecule has 0 aliphatic carbocycles. The summed E-state index contributed by atoms with van der Waals surface area (Å²) in [5, 5.41) is 3.03. The first kappa shape index (κ1) is 13.1. The molecule has 1 N–H and O–H groups in total. The quantitative estimate of drug-likeness (QED) is 0.748. The van der Waals surface area contributed by atoms with Gasteiger partial charge in [-0.3, -0.25) is 0 Å². The van der Waals surface area contributed by atoms with Crippen molar-refractivity contribution in [1.29, 1.82) is 0 Å². The molecule has 0 radical (unpaired) electrons. The van der Waals surface area contributed by atoms with Crippen molar-refractivity contribution in [3.8, 4) is 0 Å². The Morgan fingerprint density at radius 1 is 1.47 bits per heavy atom. The highest BCUT2D eigenvalue weighted by atomic mass is 32.2. The van der Waals surface area contributed by atoms with Crippen LogP contribution in [-0.4, -0.2) is 37.1 Å². The molecule has 2 atom stereocenters. The van der Waals surface area contributed by atoms with E-state index in [4.69, 9.17) is 4.74 Å². The van der Waals surface area contributed by atoms with Crippen LogP contribution in [0.15, 0.2) is 0 Å². The Labute approximate surface area is 91.9 Å². The molecule has 0 aromatic carbocycles. The maximum atomic E-state index is 11.8. The lowest BCUT2D eigenvalue weighted by Crippen LogP contribution is -2.29. The molecule has 0 aromatic rings. The van der Waals surface area contributed by atoms with Crippen molar-refractivity contribution < 1.29 is 17.9 Å². The molecule has 0 amide bonds. The molecule has 0 spiro atoms. The van der Waals surface area contributed by atoms with Crippen molar-refractivity contribution in [3.63, 3.8) is 0 Å². The van der Waals surface area contributed by atoms with Gasteiger partial charge in [0.2, 0.25) is 0 Å². The molecular weight excluding hydrogens is 227 g/mol. The standard InChI is InChI=1S/C9H16F3NOS/c1-7-8(2-4-14-7)6-13-3-5-15-9(10,11)12/h7-8,13H,2-6H2,1H3. The van der Waals surface area contributed by atoms with Gasteiger partial charge in [0, 0.05) is 25.4 Å². The summed E-state index contributed by atoms with van der Waals surface area (Å²) in [5.41, 5.74) is -4.11. The van der Waals surface area contributed by atoms with Crippen LogP contribution in [0.3, 0.4) is 0 Å². The van der Waals surface area contributed by atoms with Crippen LogP contribution in [0, 0.1) is 5.92 Å². The molecule has 1 saturated heterocycles. The van der Waals surface area contributed by atoms with Gasteiger partial charge in [-0.2, -0.15) is 13.2 Å². The Bertz CT molecular complexity index is 189. The summed E-state index contributed by atoms with van der Waals surface area (Å²) in [6.07, 6.45) is 1.23. The summed E-state index contributed by atoms with van der Waals surface area (Å²) in [7, 11) is 0. The van der Waals surface area contributed by atoms with Gasteiger partial charge >= 0.3 is 5.51 Å². The van der Waals surface area contributed by atoms with E-state index >= 15 is 0 Å². The average Bonchev–Trinajstić information content (AvgIpc) is 2.49. The first-order valence-corrected chi connectivity index (χ1v) is 6.00. The Hall–Kier alpha value is 0.0600. The third-order valence-electron chi connectivity index (χ3n) is 2.48. The molecule has 2 nitrogen and oxygen atoms in total. The van der Waals surface area contributed by atoms with E-state index in [0.29, 0.717) is 12.5 Å². The number of nitrogens with one attached hydrogen (secondary N) is 1. The zero-order valence-corrected chi connectivity index (χ0v) is 9.46. The van der Waals surface area contributed by atoms with Crippen molar-refractivity contribution in [3.05, 3.63) is 0 Å². The van der Waals surface area contributed by atoms with E-state index in [1.165, 1.54) is 0 Å². The van der Waals surface area contributed by atoms with Crippen LogP contribution in [0.2, 0.25) is 0 Å². The van der Waals surface area contributed by atoms with Crippen molar-refractivity contribution in [2.45, 2.75) is 25.0 Å². The number of hydrogen-bond donors (Lipinski definition) is 1. The maximum Gasteiger partial charge on any atom is 0.441 e. The summed E-state index contributed by atoms with van der Waals surface area (Å²) in [6, 6.07) is 0. The molecule has 0 saturated carbocycles. The highest BCUT2D eigenvalue weighted by Gasteiger charge is 2.27. The first-order valence-electron chi connectivity index (χ1n) is 5.02. The second-order valence-corrected chi connectivity index (χ2v) is 4.78. The Balaban J connectivity index is 1.97. The predicted molar refractivity (Wildman–Crippen MR) is 54.9 cm³/mol. The molecule has 2 unspecified atom stereocenters. The lowest BCUT2D eigenvalue weighted by atomic mass is 10.0. The summed E-state index contributed by atoms with van der Waals surface area (Å²) in [4.78, 5) is 0. The first-order chi connectivity index (χ1) is 6.99. The molecule has 1 aliphatic rings. The van der Waals surface area contributed by atoms with Gasteiger partial charge in [-0.1, -0.05) is 0 Å². The van der Waals surface area contributed by atoms with E-state index in [-0.39, 0.29) is 23.6 Å². The number of thioether (sulfide) groups is 1.